The number of piperazine rings is 1. The minimum absolute atomic E-state index is 0.179. The molecule has 0 radical (unpaired) electrons. The first-order valence-electron chi connectivity index (χ1n) is 9.52. The molecule has 1 aliphatic heterocycles. The Bertz CT molecular complexity index is 918. The fourth-order valence-electron chi connectivity index (χ4n) is 3.89. The highest BCUT2D eigenvalue weighted by molar-refractivity contribution is 5.57. The van der Waals surface area contributed by atoms with Gasteiger partial charge in [-0.15, -0.1) is 0 Å². The molecule has 0 bridgehead atoms. The maximum Gasteiger partial charge on any atom is 0.160 e. The molecule has 144 valence electrons. The fourth-order valence-corrected chi connectivity index (χ4v) is 3.89. The lowest BCUT2D eigenvalue weighted by atomic mass is 10.1. The van der Waals surface area contributed by atoms with Crippen LogP contribution >= 0.6 is 0 Å². The molecule has 0 saturated carbocycles. The number of furan rings is 1. The van der Waals surface area contributed by atoms with Crippen molar-refractivity contribution in [1.29, 1.82) is 0 Å². The number of anilines is 1. The summed E-state index contributed by atoms with van der Waals surface area (Å²) in [5, 5.41) is 14.3. The van der Waals surface area contributed by atoms with Crippen LogP contribution in [0.25, 0.3) is 5.65 Å². The van der Waals surface area contributed by atoms with Gasteiger partial charge in [0, 0.05) is 49.6 Å². The third-order valence-electron chi connectivity index (χ3n) is 5.50. The number of rotatable bonds is 5. The van der Waals surface area contributed by atoms with Crippen LogP contribution < -0.4 is 4.90 Å². The molecule has 4 rings (SSSR count). The molecule has 4 heterocycles. The van der Waals surface area contributed by atoms with Gasteiger partial charge < -0.3 is 14.4 Å². The van der Waals surface area contributed by atoms with Gasteiger partial charge in [-0.1, -0.05) is 0 Å². The second-order valence-corrected chi connectivity index (χ2v) is 7.36. The van der Waals surface area contributed by atoms with Crippen LogP contribution in [0.15, 0.2) is 28.9 Å². The monoisotopic (exact) mass is 369 g/mol. The zero-order valence-electron chi connectivity index (χ0n) is 16.2. The van der Waals surface area contributed by atoms with Gasteiger partial charge in [-0.05, 0) is 39.3 Å². The van der Waals surface area contributed by atoms with Gasteiger partial charge >= 0.3 is 0 Å². The Kier molecular flexibility index (Phi) is 4.88. The zero-order chi connectivity index (χ0) is 19.0. The van der Waals surface area contributed by atoms with Crippen molar-refractivity contribution in [1.82, 2.24) is 19.5 Å². The van der Waals surface area contributed by atoms with Crippen LogP contribution in [0.2, 0.25) is 0 Å². The van der Waals surface area contributed by atoms with Crippen LogP contribution in [0.4, 0.5) is 5.82 Å². The van der Waals surface area contributed by atoms with E-state index in [1.54, 1.807) is 6.26 Å². The van der Waals surface area contributed by atoms with E-state index in [0.717, 1.165) is 66.8 Å². The van der Waals surface area contributed by atoms with Crippen LogP contribution in [-0.4, -0.2) is 56.9 Å². The van der Waals surface area contributed by atoms with E-state index in [4.69, 9.17) is 9.52 Å². The first kappa shape index (κ1) is 18.0. The van der Waals surface area contributed by atoms with Gasteiger partial charge in [-0.3, -0.25) is 4.90 Å². The molecule has 3 aromatic rings. The van der Waals surface area contributed by atoms with Crippen LogP contribution in [0, 0.1) is 20.8 Å². The van der Waals surface area contributed by atoms with E-state index in [2.05, 4.69) is 27.8 Å². The predicted octanol–water partition coefficient (Wildman–Crippen LogP) is 2.32. The number of nitrogens with zero attached hydrogens (tertiary/aromatic N) is 5. The maximum absolute atomic E-state index is 9.58. The second kappa shape index (κ2) is 7.32. The summed E-state index contributed by atoms with van der Waals surface area (Å²) < 4.78 is 7.49. The van der Waals surface area contributed by atoms with Gasteiger partial charge in [-0.25, -0.2) is 4.98 Å². The lowest BCUT2D eigenvalue weighted by molar-refractivity contribution is 0.127. The van der Waals surface area contributed by atoms with Crippen molar-refractivity contribution >= 4 is 11.5 Å². The molecule has 0 aliphatic carbocycles. The Morgan fingerprint density at radius 3 is 2.85 bits per heavy atom. The van der Waals surface area contributed by atoms with Gasteiger partial charge in [-0.2, -0.15) is 9.61 Å². The molecule has 1 saturated heterocycles. The molecule has 1 N–H and O–H groups in total. The fraction of sp³-hybridized carbons (Fsp3) is 0.500. The summed E-state index contributed by atoms with van der Waals surface area (Å²) >= 11 is 0. The van der Waals surface area contributed by atoms with Gasteiger partial charge in [0.15, 0.2) is 5.65 Å². The van der Waals surface area contributed by atoms with Gasteiger partial charge in [0.2, 0.25) is 0 Å². The second-order valence-electron chi connectivity index (χ2n) is 7.36. The smallest absolute Gasteiger partial charge is 0.160 e. The van der Waals surface area contributed by atoms with E-state index in [1.807, 2.05) is 30.5 Å². The number of hydrogen-bond acceptors (Lipinski definition) is 6. The van der Waals surface area contributed by atoms with Crippen molar-refractivity contribution in [2.45, 2.75) is 39.8 Å². The van der Waals surface area contributed by atoms with Crippen molar-refractivity contribution in [2.75, 3.05) is 31.1 Å². The summed E-state index contributed by atoms with van der Waals surface area (Å²) in [6.07, 6.45) is 2.45. The molecule has 1 fully saturated rings. The van der Waals surface area contributed by atoms with Crippen LogP contribution in [0.3, 0.4) is 0 Å². The van der Waals surface area contributed by atoms with E-state index in [1.165, 1.54) is 0 Å². The molecule has 0 spiro atoms. The third kappa shape index (κ3) is 3.44. The summed E-state index contributed by atoms with van der Waals surface area (Å²) in [7, 11) is 0. The summed E-state index contributed by atoms with van der Waals surface area (Å²) in [5.41, 5.74) is 4.07. The lowest BCUT2D eigenvalue weighted by Gasteiger charge is -2.42. The van der Waals surface area contributed by atoms with Crippen molar-refractivity contribution in [3.63, 3.8) is 0 Å². The number of hydrogen-bond donors (Lipinski definition) is 1. The zero-order valence-corrected chi connectivity index (χ0v) is 16.2. The summed E-state index contributed by atoms with van der Waals surface area (Å²) in [6.45, 7) is 9.74. The highest BCUT2D eigenvalue weighted by Gasteiger charge is 2.29. The standard InChI is InChI=1S/C20H27N5O2/c1-14-11-19(25-20(21-14)15(2)16(3)22-25)24-8-7-23(17(12-24)6-9-26)13-18-5-4-10-27-18/h4-5,10-11,17,26H,6-9,12-13H2,1-3H3. The average Bonchev–Trinajstić information content (AvgIpc) is 3.26. The van der Waals surface area contributed by atoms with Crippen molar-refractivity contribution in [3.8, 4) is 0 Å². The van der Waals surface area contributed by atoms with Crippen LogP contribution in [-0.2, 0) is 6.54 Å². The van der Waals surface area contributed by atoms with E-state index >= 15 is 0 Å². The van der Waals surface area contributed by atoms with Gasteiger partial charge in [0.05, 0.1) is 18.5 Å². The number of fused-ring (bicyclic) bond motifs is 1. The largest absolute Gasteiger partial charge is 0.468 e. The molecule has 1 unspecified atom stereocenters. The van der Waals surface area contributed by atoms with E-state index in [0.29, 0.717) is 0 Å². The van der Waals surface area contributed by atoms with Crippen molar-refractivity contribution in [2.24, 2.45) is 0 Å². The molecular formula is C20H27N5O2. The predicted molar refractivity (Wildman–Crippen MR) is 104 cm³/mol. The summed E-state index contributed by atoms with van der Waals surface area (Å²) in [5.74, 6) is 2.04. The molecule has 3 aromatic heterocycles. The van der Waals surface area contributed by atoms with Gasteiger partial charge in [0.25, 0.3) is 0 Å². The first-order valence-corrected chi connectivity index (χ1v) is 9.52. The minimum Gasteiger partial charge on any atom is -0.468 e. The van der Waals surface area contributed by atoms with Gasteiger partial charge in [0.1, 0.15) is 11.6 Å². The molecule has 0 aromatic carbocycles. The highest BCUT2D eigenvalue weighted by atomic mass is 16.3. The quantitative estimate of drug-likeness (QED) is 0.744. The molecule has 1 aliphatic rings. The van der Waals surface area contributed by atoms with Crippen LogP contribution in [0.5, 0.6) is 0 Å². The van der Waals surface area contributed by atoms with E-state index in [9.17, 15) is 5.11 Å². The topological polar surface area (TPSA) is 70.0 Å². The molecule has 27 heavy (non-hydrogen) atoms. The number of aliphatic hydroxyl groups is 1. The lowest BCUT2D eigenvalue weighted by Crippen LogP contribution is -2.53. The average molecular weight is 369 g/mol. The summed E-state index contributed by atoms with van der Waals surface area (Å²) in [4.78, 5) is 9.45. The Labute approximate surface area is 159 Å². The number of aromatic nitrogens is 3. The highest BCUT2D eigenvalue weighted by Crippen LogP contribution is 2.25. The Morgan fingerprint density at radius 2 is 2.11 bits per heavy atom. The van der Waals surface area contributed by atoms with E-state index in [-0.39, 0.29) is 12.6 Å². The summed E-state index contributed by atoms with van der Waals surface area (Å²) in [6, 6.07) is 6.30. The normalized spacial score (nSPS) is 18.5. The number of aliphatic hydroxyl groups excluding tert-OH is 1. The SMILES string of the molecule is Cc1cc(N2CCN(Cc3ccco3)C(CCO)C2)n2nc(C)c(C)c2n1. The maximum atomic E-state index is 9.58. The number of aryl methyl sites for hydroxylation is 3. The molecular weight excluding hydrogens is 342 g/mol. The molecule has 7 nitrogen and oxygen atoms in total. The molecule has 0 amide bonds. The third-order valence-corrected chi connectivity index (χ3v) is 5.50. The van der Waals surface area contributed by atoms with Crippen molar-refractivity contribution in [3.05, 3.63) is 47.2 Å². The molecule has 1 atom stereocenters. The Hall–Kier alpha value is -2.38. The first-order chi connectivity index (χ1) is 13.1. The Balaban J connectivity index is 1.62. The molecule has 7 heteroatoms. The van der Waals surface area contributed by atoms with Crippen molar-refractivity contribution < 1.29 is 9.52 Å². The Morgan fingerprint density at radius 1 is 1.26 bits per heavy atom. The van der Waals surface area contributed by atoms with E-state index < -0.39 is 0 Å². The minimum atomic E-state index is 0.179. The van der Waals surface area contributed by atoms with Crippen LogP contribution in [0.1, 0.15) is 29.1 Å².